The van der Waals surface area contributed by atoms with Crippen molar-refractivity contribution in [1.29, 1.82) is 0 Å². The third-order valence-corrected chi connectivity index (χ3v) is 3.21. The molecular formula is C13H12ClF2N5O. The summed E-state index contributed by atoms with van der Waals surface area (Å²) in [5.74, 6) is 0.0277. The van der Waals surface area contributed by atoms with Crippen LogP contribution in [0.5, 0.6) is 5.88 Å². The van der Waals surface area contributed by atoms with Crippen LogP contribution in [0, 0.1) is 0 Å². The van der Waals surface area contributed by atoms with Gasteiger partial charge in [-0.2, -0.15) is 0 Å². The Morgan fingerprint density at radius 1 is 1.36 bits per heavy atom. The van der Waals surface area contributed by atoms with Crippen LogP contribution in [0.15, 0.2) is 23.6 Å². The van der Waals surface area contributed by atoms with Crippen molar-refractivity contribution in [3.8, 4) is 5.88 Å². The Morgan fingerprint density at radius 2 is 2.09 bits per heavy atom. The second-order valence-electron chi connectivity index (χ2n) is 4.98. The van der Waals surface area contributed by atoms with E-state index in [1.54, 1.807) is 19.9 Å². The minimum atomic E-state index is -2.61. The van der Waals surface area contributed by atoms with Gasteiger partial charge in [-0.25, -0.2) is 18.7 Å². The van der Waals surface area contributed by atoms with Gasteiger partial charge in [-0.1, -0.05) is 30.6 Å². The molecule has 0 aliphatic heterocycles. The van der Waals surface area contributed by atoms with E-state index >= 15 is 0 Å². The van der Waals surface area contributed by atoms with Crippen molar-refractivity contribution in [2.24, 2.45) is 5.11 Å². The van der Waals surface area contributed by atoms with Gasteiger partial charge in [0.25, 0.3) is 6.43 Å². The number of hydrogen-bond acceptors (Lipinski definition) is 4. The molecule has 0 amide bonds. The Kier molecular flexibility index (Phi) is 4.63. The number of halogens is 3. The molecule has 0 radical (unpaired) electrons. The number of hydrogen-bond donors (Lipinski definition) is 0. The van der Waals surface area contributed by atoms with Crippen molar-refractivity contribution in [2.45, 2.75) is 25.8 Å². The molecule has 0 aromatic carbocycles. The van der Waals surface area contributed by atoms with Crippen LogP contribution in [0.3, 0.4) is 0 Å². The molecule has 0 unspecified atom stereocenters. The van der Waals surface area contributed by atoms with Crippen LogP contribution in [0.25, 0.3) is 21.2 Å². The summed E-state index contributed by atoms with van der Waals surface area (Å²) in [6.45, 7) is 2.64. The average molecular weight is 328 g/mol. The van der Waals surface area contributed by atoms with Crippen LogP contribution in [0.4, 0.5) is 8.78 Å². The molecule has 0 aliphatic carbocycles. The van der Waals surface area contributed by atoms with Crippen molar-refractivity contribution in [1.82, 2.24) is 9.97 Å². The topological polar surface area (TPSA) is 83.8 Å². The number of azide groups is 1. The molecule has 0 spiro atoms. The summed E-state index contributed by atoms with van der Waals surface area (Å²) in [5, 5.41) is 4.95. The molecule has 0 aliphatic rings. The molecule has 0 fully saturated rings. The molecule has 0 bridgehead atoms. The molecule has 2 aromatic heterocycles. The van der Waals surface area contributed by atoms with Gasteiger partial charge in [-0.15, -0.1) is 0 Å². The number of fused-ring (bicyclic) bond motifs is 1. The molecule has 2 rings (SSSR count). The van der Waals surface area contributed by atoms with Crippen molar-refractivity contribution in [3.63, 3.8) is 0 Å². The summed E-state index contributed by atoms with van der Waals surface area (Å²) < 4.78 is 29.6. The molecule has 9 heteroatoms. The fraction of sp³-hybridized carbons (Fsp3) is 0.385. The average Bonchev–Trinajstić information content (AvgIpc) is 2.43. The molecule has 22 heavy (non-hydrogen) atoms. The van der Waals surface area contributed by atoms with E-state index in [-0.39, 0.29) is 11.0 Å². The lowest BCUT2D eigenvalue weighted by Crippen LogP contribution is -2.15. The first-order valence-corrected chi connectivity index (χ1v) is 6.65. The van der Waals surface area contributed by atoms with Crippen molar-refractivity contribution >= 4 is 22.4 Å². The van der Waals surface area contributed by atoms with Crippen LogP contribution >= 0.6 is 11.6 Å². The van der Waals surface area contributed by atoms with Gasteiger partial charge in [0.1, 0.15) is 5.15 Å². The highest BCUT2D eigenvalue weighted by Crippen LogP contribution is 2.35. The number of aromatic nitrogens is 2. The SMILES string of the molecule is CC(C)(N=[N+]=[N-])c1cnc(OCC(F)F)c2cnc(Cl)cc12. The quantitative estimate of drug-likeness (QED) is 0.351. The lowest BCUT2D eigenvalue weighted by atomic mass is 9.93. The van der Waals surface area contributed by atoms with Gasteiger partial charge in [-0.05, 0) is 22.5 Å². The second kappa shape index (κ2) is 6.29. The molecule has 6 nitrogen and oxygen atoms in total. The van der Waals surface area contributed by atoms with E-state index in [9.17, 15) is 8.78 Å². The highest BCUT2D eigenvalue weighted by atomic mass is 35.5. The Balaban J connectivity index is 2.63. The lowest BCUT2D eigenvalue weighted by Gasteiger charge is -2.21. The van der Waals surface area contributed by atoms with Gasteiger partial charge >= 0.3 is 0 Å². The van der Waals surface area contributed by atoms with Gasteiger partial charge in [0.2, 0.25) is 5.88 Å². The van der Waals surface area contributed by atoms with E-state index < -0.39 is 18.6 Å². The molecular weight excluding hydrogens is 316 g/mol. The zero-order valence-corrected chi connectivity index (χ0v) is 12.6. The molecule has 0 N–H and O–H groups in total. The molecule has 2 heterocycles. The standard InChI is InChI=1S/C13H12ClF2N5O/c1-13(2,20-21-17)9-5-19-12(22-6-11(15)16)8-4-18-10(14)3-7(8)9/h3-5,11H,6H2,1-2H3. The van der Waals surface area contributed by atoms with E-state index in [2.05, 4.69) is 20.0 Å². The first-order valence-electron chi connectivity index (χ1n) is 6.27. The normalized spacial score (nSPS) is 11.5. The maximum absolute atomic E-state index is 12.3. The predicted octanol–water partition coefficient (Wildman–Crippen LogP) is 4.47. The minimum Gasteiger partial charge on any atom is -0.471 e. The van der Waals surface area contributed by atoms with Gasteiger partial charge < -0.3 is 4.74 Å². The monoisotopic (exact) mass is 327 g/mol. The fourth-order valence-electron chi connectivity index (χ4n) is 2.00. The zero-order valence-electron chi connectivity index (χ0n) is 11.8. The van der Waals surface area contributed by atoms with Gasteiger partial charge in [-0.3, -0.25) is 0 Å². The van der Waals surface area contributed by atoms with Crippen LogP contribution in [0.1, 0.15) is 19.4 Å². The second-order valence-corrected chi connectivity index (χ2v) is 5.37. The van der Waals surface area contributed by atoms with Crippen LogP contribution in [-0.2, 0) is 5.54 Å². The fourth-order valence-corrected chi connectivity index (χ4v) is 2.15. The third-order valence-electron chi connectivity index (χ3n) is 3.00. The van der Waals surface area contributed by atoms with Crippen molar-refractivity contribution in [3.05, 3.63) is 39.6 Å². The van der Waals surface area contributed by atoms with Crippen molar-refractivity contribution in [2.75, 3.05) is 6.61 Å². The first-order chi connectivity index (χ1) is 10.3. The molecule has 0 saturated carbocycles. The zero-order chi connectivity index (χ0) is 16.3. The predicted molar refractivity (Wildman–Crippen MR) is 78.2 cm³/mol. The summed E-state index contributed by atoms with van der Waals surface area (Å²) in [6.07, 6.45) is 0.200. The van der Waals surface area contributed by atoms with Crippen molar-refractivity contribution < 1.29 is 13.5 Å². The van der Waals surface area contributed by atoms with Gasteiger partial charge in [0.15, 0.2) is 6.61 Å². The highest BCUT2D eigenvalue weighted by Gasteiger charge is 2.24. The summed E-state index contributed by atoms with van der Waals surface area (Å²) in [6, 6.07) is 1.55. The molecule has 2 aromatic rings. The van der Waals surface area contributed by atoms with E-state index in [0.29, 0.717) is 16.3 Å². The molecule has 0 saturated heterocycles. The maximum atomic E-state index is 12.3. The third kappa shape index (κ3) is 3.35. The first kappa shape index (κ1) is 16.2. The molecule has 116 valence electrons. The maximum Gasteiger partial charge on any atom is 0.272 e. The Bertz CT molecular complexity index is 747. The lowest BCUT2D eigenvalue weighted by molar-refractivity contribution is 0.0804. The van der Waals surface area contributed by atoms with Gasteiger partial charge in [0, 0.05) is 17.3 Å². The Labute approximate surface area is 129 Å². The number of pyridine rings is 2. The van der Waals surface area contributed by atoms with E-state index in [0.717, 1.165) is 0 Å². The summed E-state index contributed by atoms with van der Waals surface area (Å²) in [5.41, 5.74) is 8.38. The number of alkyl halides is 2. The summed E-state index contributed by atoms with van der Waals surface area (Å²) in [4.78, 5) is 10.8. The van der Waals surface area contributed by atoms with Gasteiger partial charge in [0.05, 0.1) is 10.9 Å². The summed E-state index contributed by atoms with van der Waals surface area (Å²) >= 11 is 5.90. The summed E-state index contributed by atoms with van der Waals surface area (Å²) in [7, 11) is 0. The molecule has 0 atom stereocenters. The van der Waals surface area contributed by atoms with Crippen LogP contribution in [0.2, 0.25) is 5.15 Å². The van der Waals surface area contributed by atoms with E-state index in [1.807, 2.05) is 0 Å². The largest absolute Gasteiger partial charge is 0.471 e. The minimum absolute atomic E-state index is 0.0277. The van der Waals surface area contributed by atoms with Crippen LogP contribution < -0.4 is 4.74 Å². The number of ether oxygens (including phenoxy) is 1. The Hall–Kier alpha value is -2.18. The van der Waals surface area contributed by atoms with E-state index in [4.69, 9.17) is 21.9 Å². The highest BCUT2D eigenvalue weighted by molar-refractivity contribution is 6.30. The Morgan fingerprint density at radius 3 is 2.73 bits per heavy atom. The van der Waals surface area contributed by atoms with E-state index in [1.165, 1.54) is 12.4 Å². The smallest absolute Gasteiger partial charge is 0.272 e. The number of rotatable bonds is 5. The number of nitrogens with zero attached hydrogens (tertiary/aromatic N) is 5. The van der Waals surface area contributed by atoms with Crippen LogP contribution in [-0.4, -0.2) is 23.0 Å².